The molecule has 2 unspecified atom stereocenters. The maximum absolute atomic E-state index is 9.76. The first-order chi connectivity index (χ1) is 8.33. The monoisotopic (exact) mass is 231 g/mol. The molecule has 17 heavy (non-hydrogen) atoms. The predicted molar refractivity (Wildman–Crippen MR) is 69.1 cm³/mol. The summed E-state index contributed by atoms with van der Waals surface area (Å²) in [4.78, 5) is 2.50. The van der Waals surface area contributed by atoms with E-state index in [1.165, 1.54) is 36.9 Å². The molecule has 0 spiro atoms. The second kappa shape index (κ2) is 4.79. The third-order valence-corrected chi connectivity index (χ3v) is 4.27. The van der Waals surface area contributed by atoms with E-state index in [1.807, 2.05) is 0 Å². The standard InChI is InChI=1S/C15H21NO/c17-15-6-3-9-16(11-15)14-8-7-12-4-1-2-5-13(12)10-14/h1-2,4-5,14-15,17H,3,6-11H2. The molecule has 1 heterocycles. The minimum Gasteiger partial charge on any atom is -0.392 e. The highest BCUT2D eigenvalue weighted by Gasteiger charge is 2.27. The van der Waals surface area contributed by atoms with Crippen molar-refractivity contribution in [1.29, 1.82) is 0 Å². The summed E-state index contributed by atoms with van der Waals surface area (Å²) in [6.45, 7) is 2.05. The van der Waals surface area contributed by atoms with Gasteiger partial charge in [-0.15, -0.1) is 0 Å². The lowest BCUT2D eigenvalue weighted by Gasteiger charge is -2.39. The highest BCUT2D eigenvalue weighted by molar-refractivity contribution is 5.30. The Bertz CT molecular complexity index is 390. The van der Waals surface area contributed by atoms with Crippen LogP contribution in [0.25, 0.3) is 0 Å². The lowest BCUT2D eigenvalue weighted by molar-refractivity contribution is 0.0426. The van der Waals surface area contributed by atoms with E-state index in [9.17, 15) is 5.11 Å². The molecular weight excluding hydrogens is 210 g/mol. The van der Waals surface area contributed by atoms with Gasteiger partial charge in [0.25, 0.3) is 0 Å². The number of rotatable bonds is 1. The van der Waals surface area contributed by atoms with Crippen molar-refractivity contribution in [3.63, 3.8) is 0 Å². The molecule has 0 aromatic heterocycles. The second-order valence-electron chi connectivity index (χ2n) is 5.46. The second-order valence-corrected chi connectivity index (χ2v) is 5.46. The number of fused-ring (bicyclic) bond motifs is 1. The average Bonchev–Trinajstić information content (AvgIpc) is 2.38. The number of likely N-dealkylation sites (tertiary alicyclic amines) is 1. The molecule has 2 nitrogen and oxygen atoms in total. The maximum atomic E-state index is 9.76. The van der Waals surface area contributed by atoms with Gasteiger partial charge in [-0.25, -0.2) is 0 Å². The SMILES string of the molecule is OC1CCCN(C2CCc3ccccc3C2)C1. The largest absolute Gasteiger partial charge is 0.392 e. The van der Waals surface area contributed by atoms with Crippen LogP contribution >= 0.6 is 0 Å². The zero-order valence-electron chi connectivity index (χ0n) is 10.3. The van der Waals surface area contributed by atoms with Crippen molar-refractivity contribution in [2.24, 2.45) is 0 Å². The van der Waals surface area contributed by atoms with Crippen LogP contribution in [0.3, 0.4) is 0 Å². The first kappa shape index (κ1) is 11.2. The van der Waals surface area contributed by atoms with Gasteiger partial charge in [0.05, 0.1) is 6.10 Å². The molecule has 1 aromatic carbocycles. The first-order valence-electron chi connectivity index (χ1n) is 6.82. The smallest absolute Gasteiger partial charge is 0.0667 e. The zero-order chi connectivity index (χ0) is 11.7. The van der Waals surface area contributed by atoms with E-state index in [-0.39, 0.29) is 6.10 Å². The third kappa shape index (κ3) is 2.38. The quantitative estimate of drug-likeness (QED) is 0.799. The summed E-state index contributed by atoms with van der Waals surface area (Å²) in [5, 5.41) is 9.76. The Balaban J connectivity index is 1.71. The minimum atomic E-state index is -0.0964. The van der Waals surface area contributed by atoms with Crippen LogP contribution in [0, 0.1) is 0 Å². The molecule has 92 valence electrons. The normalized spacial score (nSPS) is 29.9. The van der Waals surface area contributed by atoms with E-state index in [2.05, 4.69) is 29.2 Å². The lowest BCUT2D eigenvalue weighted by Crippen LogP contribution is -2.46. The molecule has 1 aliphatic carbocycles. The van der Waals surface area contributed by atoms with Gasteiger partial charge in [0.1, 0.15) is 0 Å². The molecule has 2 aliphatic rings. The molecule has 1 aliphatic heterocycles. The number of benzene rings is 1. The van der Waals surface area contributed by atoms with Crippen LogP contribution in [0.15, 0.2) is 24.3 Å². The van der Waals surface area contributed by atoms with Gasteiger partial charge in [-0.1, -0.05) is 24.3 Å². The van der Waals surface area contributed by atoms with Crippen LogP contribution in [0.5, 0.6) is 0 Å². The molecule has 2 atom stereocenters. The Morgan fingerprint density at radius 2 is 1.94 bits per heavy atom. The van der Waals surface area contributed by atoms with Crippen LogP contribution in [0.4, 0.5) is 0 Å². The van der Waals surface area contributed by atoms with E-state index in [0.29, 0.717) is 6.04 Å². The van der Waals surface area contributed by atoms with Crippen molar-refractivity contribution in [2.45, 2.75) is 44.2 Å². The Morgan fingerprint density at radius 3 is 2.76 bits per heavy atom. The molecule has 0 radical (unpaired) electrons. The predicted octanol–water partition coefficient (Wildman–Crippen LogP) is 2.00. The van der Waals surface area contributed by atoms with Crippen LogP contribution in [0.1, 0.15) is 30.4 Å². The zero-order valence-corrected chi connectivity index (χ0v) is 10.3. The van der Waals surface area contributed by atoms with Crippen LogP contribution in [-0.2, 0) is 12.8 Å². The Labute approximate surface area is 103 Å². The van der Waals surface area contributed by atoms with Gasteiger partial charge < -0.3 is 5.11 Å². The molecule has 3 rings (SSSR count). The fraction of sp³-hybridized carbons (Fsp3) is 0.600. The Kier molecular flexibility index (Phi) is 3.17. The van der Waals surface area contributed by atoms with Gasteiger partial charge in [-0.3, -0.25) is 4.90 Å². The lowest BCUT2D eigenvalue weighted by atomic mass is 9.86. The molecule has 1 N–H and O–H groups in total. The topological polar surface area (TPSA) is 23.5 Å². The third-order valence-electron chi connectivity index (χ3n) is 4.27. The van der Waals surface area contributed by atoms with E-state index in [0.717, 1.165) is 19.4 Å². The van der Waals surface area contributed by atoms with E-state index >= 15 is 0 Å². The molecule has 1 fully saturated rings. The number of hydrogen-bond donors (Lipinski definition) is 1. The molecule has 1 aromatic rings. The van der Waals surface area contributed by atoms with E-state index < -0.39 is 0 Å². The van der Waals surface area contributed by atoms with E-state index in [1.54, 1.807) is 0 Å². The minimum absolute atomic E-state index is 0.0964. The molecular formula is C15H21NO. The highest BCUT2D eigenvalue weighted by Crippen LogP contribution is 2.26. The summed E-state index contributed by atoms with van der Waals surface area (Å²) in [5.41, 5.74) is 3.05. The number of piperidine rings is 1. The van der Waals surface area contributed by atoms with Crippen LogP contribution < -0.4 is 0 Å². The van der Waals surface area contributed by atoms with Crippen molar-refractivity contribution < 1.29 is 5.11 Å². The summed E-state index contributed by atoms with van der Waals surface area (Å²) < 4.78 is 0. The number of aryl methyl sites for hydroxylation is 1. The van der Waals surface area contributed by atoms with Crippen molar-refractivity contribution in [3.8, 4) is 0 Å². The van der Waals surface area contributed by atoms with Crippen molar-refractivity contribution in [1.82, 2.24) is 4.90 Å². The highest BCUT2D eigenvalue weighted by atomic mass is 16.3. The summed E-state index contributed by atoms with van der Waals surface area (Å²) in [6, 6.07) is 9.47. The van der Waals surface area contributed by atoms with Gasteiger partial charge in [0.15, 0.2) is 0 Å². The summed E-state index contributed by atoms with van der Waals surface area (Å²) in [6.07, 6.45) is 5.67. The van der Waals surface area contributed by atoms with Gasteiger partial charge in [-0.2, -0.15) is 0 Å². The average molecular weight is 231 g/mol. The number of aliphatic hydroxyl groups is 1. The van der Waals surface area contributed by atoms with Crippen LogP contribution in [-0.4, -0.2) is 35.2 Å². The van der Waals surface area contributed by atoms with Crippen molar-refractivity contribution >= 4 is 0 Å². The number of β-amino-alcohol motifs (C(OH)–C–C–N with tert-alkyl or cyclic N) is 1. The first-order valence-corrected chi connectivity index (χ1v) is 6.82. The van der Waals surface area contributed by atoms with Gasteiger partial charge >= 0.3 is 0 Å². The molecule has 0 bridgehead atoms. The summed E-state index contributed by atoms with van der Waals surface area (Å²) in [7, 11) is 0. The van der Waals surface area contributed by atoms with Gasteiger partial charge in [0, 0.05) is 12.6 Å². The molecule has 1 saturated heterocycles. The van der Waals surface area contributed by atoms with E-state index in [4.69, 9.17) is 0 Å². The number of aliphatic hydroxyl groups excluding tert-OH is 1. The van der Waals surface area contributed by atoms with Crippen molar-refractivity contribution in [3.05, 3.63) is 35.4 Å². The van der Waals surface area contributed by atoms with Crippen molar-refractivity contribution in [2.75, 3.05) is 13.1 Å². The van der Waals surface area contributed by atoms with Gasteiger partial charge in [-0.05, 0) is 49.8 Å². The van der Waals surface area contributed by atoms with Gasteiger partial charge in [0.2, 0.25) is 0 Å². The summed E-state index contributed by atoms with van der Waals surface area (Å²) in [5.74, 6) is 0. The Hall–Kier alpha value is -0.860. The fourth-order valence-corrected chi connectivity index (χ4v) is 3.31. The number of nitrogens with zero attached hydrogens (tertiary/aromatic N) is 1. The summed E-state index contributed by atoms with van der Waals surface area (Å²) >= 11 is 0. The maximum Gasteiger partial charge on any atom is 0.0667 e. The molecule has 0 saturated carbocycles. The fourth-order valence-electron chi connectivity index (χ4n) is 3.31. The number of hydrogen-bond acceptors (Lipinski definition) is 2. The molecule has 2 heteroatoms. The Morgan fingerprint density at radius 1 is 1.12 bits per heavy atom. The molecule has 0 amide bonds. The van der Waals surface area contributed by atoms with Crippen LogP contribution in [0.2, 0.25) is 0 Å².